The first-order chi connectivity index (χ1) is 22.0. The third-order valence-electron chi connectivity index (χ3n) is 10.2. The molecule has 2 heterocycles. The van der Waals surface area contributed by atoms with Gasteiger partial charge in [-0.25, -0.2) is 0 Å². The van der Waals surface area contributed by atoms with Crippen LogP contribution in [0.4, 0.5) is 5.69 Å². The molecule has 1 aromatic carbocycles. The molecule has 6 rings (SSSR count). The molecule has 0 bridgehead atoms. The quantitative estimate of drug-likeness (QED) is 0.239. The van der Waals surface area contributed by atoms with E-state index in [1.807, 2.05) is 6.07 Å². The average Bonchev–Trinajstić information content (AvgIpc) is 3.64. The highest BCUT2D eigenvalue weighted by Gasteiger charge is 2.74. The highest BCUT2D eigenvalue weighted by Crippen LogP contribution is 2.59. The Hall–Kier alpha value is -4.68. The Morgan fingerprint density at radius 2 is 1.79 bits per heavy atom. The van der Waals surface area contributed by atoms with Gasteiger partial charge in [0.2, 0.25) is 0 Å². The van der Waals surface area contributed by atoms with Gasteiger partial charge in [-0.3, -0.25) is 24.2 Å². The average molecular weight is 646 g/mol. The van der Waals surface area contributed by atoms with E-state index >= 15 is 0 Å². The summed E-state index contributed by atoms with van der Waals surface area (Å²) in [5.74, 6) is -4.76. The summed E-state index contributed by atoms with van der Waals surface area (Å²) in [7, 11) is 6.48. The zero-order valence-corrected chi connectivity index (χ0v) is 26.8. The summed E-state index contributed by atoms with van der Waals surface area (Å²) in [6.07, 6.45) is 1.64. The molecule has 1 aromatic heterocycles. The number of aliphatic hydroxyl groups excluding tert-OH is 2. The van der Waals surface area contributed by atoms with Crippen LogP contribution in [0, 0.1) is 16.7 Å². The molecule has 1 saturated carbocycles. The summed E-state index contributed by atoms with van der Waals surface area (Å²) in [4.78, 5) is 46.1. The molecule has 1 saturated heterocycles. The van der Waals surface area contributed by atoms with Crippen LogP contribution in [0.5, 0.6) is 5.75 Å². The van der Waals surface area contributed by atoms with Gasteiger partial charge in [-0.15, -0.1) is 0 Å². The number of aliphatic hydroxyl groups is 2. The van der Waals surface area contributed by atoms with E-state index in [9.17, 15) is 35.0 Å². The number of hydrogen-bond donors (Lipinski definition) is 6. The third-order valence-corrected chi connectivity index (χ3v) is 10.2. The van der Waals surface area contributed by atoms with Gasteiger partial charge in [0.25, 0.3) is 5.91 Å². The van der Waals surface area contributed by atoms with Crippen LogP contribution >= 0.6 is 0 Å². The maximum atomic E-state index is 14.7. The maximum absolute atomic E-state index is 14.7. The summed E-state index contributed by atoms with van der Waals surface area (Å²) in [5, 5.41) is 45.8. The van der Waals surface area contributed by atoms with Gasteiger partial charge in [0.05, 0.1) is 46.4 Å². The van der Waals surface area contributed by atoms with Crippen LogP contribution in [-0.4, -0.2) is 101 Å². The molecule has 3 aliphatic carbocycles. The van der Waals surface area contributed by atoms with Gasteiger partial charge in [0.1, 0.15) is 34.4 Å². The highest BCUT2D eigenvalue weighted by molar-refractivity contribution is 6.25. The van der Waals surface area contributed by atoms with Crippen molar-refractivity contribution in [1.29, 1.82) is 5.26 Å². The van der Waals surface area contributed by atoms with E-state index in [1.54, 1.807) is 37.2 Å². The van der Waals surface area contributed by atoms with Gasteiger partial charge < -0.3 is 41.8 Å². The number of ketones is 2. The molecule has 2 aromatic rings. The number of phenols is 1. The zero-order chi connectivity index (χ0) is 34.4. The zero-order valence-electron chi connectivity index (χ0n) is 26.8. The third kappa shape index (κ3) is 4.27. The monoisotopic (exact) mass is 645 g/mol. The van der Waals surface area contributed by atoms with Crippen molar-refractivity contribution in [3.05, 3.63) is 52.0 Å². The van der Waals surface area contributed by atoms with Crippen molar-refractivity contribution < 1.29 is 34.1 Å². The van der Waals surface area contributed by atoms with E-state index in [0.29, 0.717) is 29.3 Å². The number of carbonyl (C=O) groups is 3. The Kier molecular flexibility index (Phi) is 7.33. The van der Waals surface area contributed by atoms with Crippen LogP contribution in [0.15, 0.2) is 39.5 Å². The number of nitriles is 1. The molecule has 14 heteroatoms. The van der Waals surface area contributed by atoms with Crippen LogP contribution in [0.3, 0.4) is 0 Å². The molecule has 0 unspecified atom stereocenters. The van der Waals surface area contributed by atoms with E-state index in [1.165, 1.54) is 19.0 Å². The molecule has 248 valence electrons. The molecule has 14 nitrogen and oxygen atoms in total. The molecular formula is C33H39N7O7. The van der Waals surface area contributed by atoms with Gasteiger partial charge in [-0.2, -0.15) is 5.26 Å². The van der Waals surface area contributed by atoms with Gasteiger partial charge in [0.15, 0.2) is 17.0 Å². The summed E-state index contributed by atoms with van der Waals surface area (Å²) < 4.78 is 6.14. The summed E-state index contributed by atoms with van der Waals surface area (Å²) >= 11 is 0. The second-order valence-electron chi connectivity index (χ2n) is 13.6. The van der Waals surface area contributed by atoms with Crippen molar-refractivity contribution in [1.82, 2.24) is 9.80 Å². The first kappa shape index (κ1) is 32.3. The van der Waals surface area contributed by atoms with Crippen molar-refractivity contribution >= 4 is 28.9 Å². The molecular weight excluding hydrogens is 606 g/mol. The second kappa shape index (κ2) is 10.7. The Balaban J connectivity index is 1.59. The van der Waals surface area contributed by atoms with Crippen LogP contribution in [-0.2, 0) is 27.3 Å². The number of phenolic OH excluding ortho intramolecular Hbond substituents is 1. The minimum Gasteiger partial charge on any atom is -0.509 e. The van der Waals surface area contributed by atoms with E-state index < -0.39 is 69.1 Å². The largest absolute Gasteiger partial charge is 0.509 e. The normalized spacial score (nSPS) is 29.1. The van der Waals surface area contributed by atoms with E-state index in [2.05, 4.69) is 4.90 Å². The van der Waals surface area contributed by atoms with Crippen LogP contribution in [0.25, 0.3) is 17.1 Å². The molecule has 0 radical (unpaired) electrons. The summed E-state index contributed by atoms with van der Waals surface area (Å²) in [6.45, 7) is 2.53. The smallest absolute Gasteiger partial charge is 0.255 e. The standard InChI is InChI=1S/C33H39N7O7/c1-38(2)19-11-17(20-8-7-16(47-20)13-40-9-5-6-10-40)24(41)21-18(19)12-31(36)14-33(37)27(39(3)4)26(43)22(30(35)46)28(44)32(33,15-34)29(45)23(31)25(21)42/h7-8,11,27,41-42,44H,5-6,9-10,12-14,36-37H2,1-4H3,(H2,35,46)/t27-,31-,32+,33-/m1/s1. The lowest BCUT2D eigenvalue weighted by molar-refractivity contribution is -0.139. The van der Waals surface area contributed by atoms with Gasteiger partial charge >= 0.3 is 0 Å². The Morgan fingerprint density at radius 3 is 2.36 bits per heavy atom. The number of carbonyl (C=O) groups excluding carboxylic acids is 3. The lowest BCUT2D eigenvalue weighted by atomic mass is 9.47. The molecule has 0 spiro atoms. The van der Waals surface area contributed by atoms with Gasteiger partial charge in [-0.05, 0) is 76.6 Å². The van der Waals surface area contributed by atoms with Crippen LogP contribution in [0.1, 0.15) is 36.1 Å². The number of nitrogens with two attached hydrogens (primary N) is 3. The fourth-order valence-electron chi connectivity index (χ4n) is 8.24. The minimum absolute atomic E-state index is 0.0969. The number of aromatic hydroxyl groups is 1. The van der Waals surface area contributed by atoms with Crippen molar-refractivity contribution in [3.8, 4) is 23.1 Å². The molecule has 9 N–H and O–H groups in total. The number of Topliss-reactive ketones (excluding diaryl/α,β-unsaturated/α-hetero) is 2. The molecule has 4 aliphatic rings. The SMILES string of the molecule is CN(C)c1cc(-c2ccc(CN3CCCC3)o2)c(O)c2c1C[C@@]1(N)C[C@@]3(N)[C@H](N(C)C)C(=O)C(C(N)=O)=C(O)[C@@]3(C#N)C(=O)C1=C2O. The number of likely N-dealkylation sites (N-methyl/N-ethyl adjacent to an activating group) is 1. The van der Waals surface area contributed by atoms with E-state index in [0.717, 1.165) is 25.9 Å². The number of anilines is 1. The minimum atomic E-state index is -2.73. The van der Waals surface area contributed by atoms with Gasteiger partial charge in [0, 0.05) is 19.8 Å². The molecule has 47 heavy (non-hydrogen) atoms. The van der Waals surface area contributed by atoms with E-state index in [-0.39, 0.29) is 23.3 Å². The Bertz CT molecular complexity index is 1850. The number of amides is 1. The molecule has 2 fully saturated rings. The number of hydrogen-bond acceptors (Lipinski definition) is 13. The first-order valence-electron chi connectivity index (χ1n) is 15.3. The number of rotatable bonds is 6. The predicted octanol–water partition coefficient (Wildman–Crippen LogP) is 0.827. The first-order valence-corrected chi connectivity index (χ1v) is 15.3. The van der Waals surface area contributed by atoms with Crippen molar-refractivity contribution in [2.75, 3.05) is 46.2 Å². The maximum Gasteiger partial charge on any atom is 0.255 e. The predicted molar refractivity (Wildman–Crippen MR) is 171 cm³/mol. The lowest BCUT2D eigenvalue weighted by Crippen LogP contribution is -2.80. The topological polar surface area (TPSA) is 237 Å². The molecule has 4 atom stereocenters. The highest BCUT2D eigenvalue weighted by atomic mass is 16.3. The van der Waals surface area contributed by atoms with E-state index in [4.69, 9.17) is 21.6 Å². The number of benzene rings is 1. The number of nitrogens with zero attached hydrogens (tertiary/aromatic N) is 4. The Morgan fingerprint density at radius 1 is 1.13 bits per heavy atom. The summed E-state index contributed by atoms with van der Waals surface area (Å²) in [6, 6.07) is 5.57. The number of likely N-dealkylation sites (tertiary alicyclic amines) is 1. The fraction of sp³-hybridized carbons (Fsp3) is 0.455. The van der Waals surface area contributed by atoms with Crippen molar-refractivity contribution in [2.45, 2.75) is 49.3 Å². The molecule has 1 aliphatic heterocycles. The van der Waals surface area contributed by atoms with Crippen molar-refractivity contribution in [3.63, 3.8) is 0 Å². The van der Waals surface area contributed by atoms with Crippen LogP contribution in [0.2, 0.25) is 0 Å². The van der Waals surface area contributed by atoms with Gasteiger partial charge in [-0.1, -0.05) is 0 Å². The van der Waals surface area contributed by atoms with Crippen molar-refractivity contribution in [2.24, 2.45) is 22.6 Å². The lowest BCUT2D eigenvalue weighted by Gasteiger charge is -2.58. The molecule has 1 amide bonds. The second-order valence-corrected chi connectivity index (χ2v) is 13.6. The summed E-state index contributed by atoms with van der Waals surface area (Å²) in [5.41, 5.74) is 12.4. The number of furan rings is 1. The fourth-order valence-corrected chi connectivity index (χ4v) is 8.24. The number of primary amides is 1. The Labute approximate surface area is 271 Å². The number of fused-ring (bicyclic) bond motifs is 3. The van der Waals surface area contributed by atoms with Crippen LogP contribution < -0.4 is 22.1 Å².